The standard InChI is InChI=1S/C14H20BrNO6/c1-10(14(19)20-2)9-16(5-7-21-8-6-17)13(18)11-3-4-12(15)22-11/h3-4,10,17H,5-9H2,1-2H3. The van der Waals surface area contributed by atoms with E-state index in [0.29, 0.717) is 4.67 Å². The lowest BCUT2D eigenvalue weighted by Gasteiger charge is -2.24. The van der Waals surface area contributed by atoms with Gasteiger partial charge in [-0.25, -0.2) is 0 Å². The van der Waals surface area contributed by atoms with Gasteiger partial charge in [-0.2, -0.15) is 0 Å². The van der Waals surface area contributed by atoms with E-state index in [4.69, 9.17) is 14.3 Å². The zero-order chi connectivity index (χ0) is 16.5. The molecule has 0 aliphatic rings. The fourth-order valence-corrected chi connectivity index (χ4v) is 2.12. The summed E-state index contributed by atoms with van der Waals surface area (Å²) in [6.45, 7) is 2.50. The van der Waals surface area contributed by atoms with E-state index in [1.54, 1.807) is 19.1 Å². The molecule has 7 nitrogen and oxygen atoms in total. The number of nitrogens with zero attached hydrogens (tertiary/aromatic N) is 1. The van der Waals surface area contributed by atoms with Crippen LogP contribution in [0.2, 0.25) is 0 Å². The van der Waals surface area contributed by atoms with Crippen molar-refractivity contribution in [3.8, 4) is 0 Å². The number of carbonyl (C=O) groups excluding carboxylic acids is 2. The molecule has 0 saturated carbocycles. The summed E-state index contributed by atoms with van der Waals surface area (Å²) in [4.78, 5) is 25.4. The highest BCUT2D eigenvalue weighted by Gasteiger charge is 2.24. The molecule has 0 spiro atoms. The lowest BCUT2D eigenvalue weighted by Crippen LogP contribution is -2.39. The van der Waals surface area contributed by atoms with Gasteiger partial charge in [0.1, 0.15) is 0 Å². The van der Waals surface area contributed by atoms with Gasteiger partial charge in [0.25, 0.3) is 5.91 Å². The zero-order valence-corrected chi connectivity index (χ0v) is 14.2. The van der Waals surface area contributed by atoms with E-state index >= 15 is 0 Å². The van der Waals surface area contributed by atoms with Crippen LogP contribution in [0.5, 0.6) is 0 Å². The van der Waals surface area contributed by atoms with Crippen LogP contribution >= 0.6 is 15.9 Å². The summed E-state index contributed by atoms with van der Waals surface area (Å²) >= 11 is 3.14. The van der Waals surface area contributed by atoms with Gasteiger partial charge in [0.2, 0.25) is 0 Å². The number of furan rings is 1. The molecule has 1 unspecified atom stereocenters. The number of ether oxygens (including phenoxy) is 2. The van der Waals surface area contributed by atoms with Crippen molar-refractivity contribution in [1.82, 2.24) is 4.90 Å². The van der Waals surface area contributed by atoms with Crippen LogP contribution in [0.15, 0.2) is 21.2 Å². The van der Waals surface area contributed by atoms with Crippen LogP contribution in [0.4, 0.5) is 0 Å². The van der Waals surface area contributed by atoms with Gasteiger partial charge in [-0.15, -0.1) is 0 Å². The fourth-order valence-electron chi connectivity index (χ4n) is 1.81. The summed E-state index contributed by atoms with van der Waals surface area (Å²) in [5.74, 6) is -1.03. The van der Waals surface area contributed by atoms with Crippen molar-refractivity contribution in [1.29, 1.82) is 0 Å². The van der Waals surface area contributed by atoms with Crippen LogP contribution in [0.25, 0.3) is 0 Å². The molecule has 0 aliphatic carbocycles. The number of amides is 1. The quantitative estimate of drug-likeness (QED) is 0.515. The average molecular weight is 378 g/mol. The molecule has 0 fully saturated rings. The van der Waals surface area contributed by atoms with E-state index in [9.17, 15) is 9.59 Å². The third-order valence-electron chi connectivity index (χ3n) is 2.91. The molecule has 1 rings (SSSR count). The number of aliphatic hydroxyl groups excluding tert-OH is 1. The molecular weight excluding hydrogens is 358 g/mol. The van der Waals surface area contributed by atoms with Crippen LogP contribution in [-0.2, 0) is 14.3 Å². The number of hydrogen-bond acceptors (Lipinski definition) is 6. The topological polar surface area (TPSA) is 89.2 Å². The van der Waals surface area contributed by atoms with Crippen molar-refractivity contribution < 1.29 is 28.6 Å². The van der Waals surface area contributed by atoms with Gasteiger partial charge < -0.3 is 23.9 Å². The zero-order valence-electron chi connectivity index (χ0n) is 12.6. The maximum Gasteiger partial charge on any atom is 0.310 e. The second-order valence-corrected chi connectivity index (χ2v) is 5.40. The number of methoxy groups -OCH3 is 1. The summed E-state index contributed by atoms with van der Waals surface area (Å²) in [6, 6.07) is 3.17. The van der Waals surface area contributed by atoms with Crippen molar-refractivity contribution in [3.05, 3.63) is 22.6 Å². The number of halogens is 1. The van der Waals surface area contributed by atoms with E-state index in [-0.39, 0.29) is 44.6 Å². The van der Waals surface area contributed by atoms with Crippen molar-refractivity contribution in [3.63, 3.8) is 0 Å². The molecule has 0 saturated heterocycles. The number of carbonyl (C=O) groups is 2. The maximum atomic E-state index is 12.4. The number of aliphatic hydroxyl groups is 1. The molecule has 1 aromatic heterocycles. The molecule has 0 radical (unpaired) electrons. The summed E-state index contributed by atoms with van der Waals surface area (Å²) in [6.07, 6.45) is 0. The van der Waals surface area contributed by atoms with Crippen molar-refractivity contribution in [2.45, 2.75) is 6.92 Å². The Bertz CT molecular complexity index is 489. The lowest BCUT2D eigenvalue weighted by atomic mass is 10.1. The molecule has 1 heterocycles. The molecule has 8 heteroatoms. The summed E-state index contributed by atoms with van der Waals surface area (Å²) in [5, 5.41) is 8.68. The highest BCUT2D eigenvalue weighted by Crippen LogP contribution is 2.16. The predicted octanol–water partition coefficient (Wildman–Crippen LogP) is 1.30. The monoisotopic (exact) mass is 377 g/mol. The Labute approximate surface area is 137 Å². The Balaban J connectivity index is 2.72. The Kier molecular flexibility index (Phi) is 8.15. The second-order valence-electron chi connectivity index (χ2n) is 4.62. The van der Waals surface area contributed by atoms with Crippen molar-refractivity contribution >= 4 is 27.8 Å². The highest BCUT2D eigenvalue weighted by atomic mass is 79.9. The Hall–Kier alpha value is -1.38. The fraction of sp³-hybridized carbons (Fsp3) is 0.571. The van der Waals surface area contributed by atoms with E-state index < -0.39 is 11.9 Å². The molecule has 0 bridgehead atoms. The molecule has 124 valence electrons. The van der Waals surface area contributed by atoms with E-state index in [1.165, 1.54) is 12.0 Å². The Morgan fingerprint density at radius 2 is 2.14 bits per heavy atom. The Morgan fingerprint density at radius 1 is 1.41 bits per heavy atom. The average Bonchev–Trinajstić information content (AvgIpc) is 2.95. The summed E-state index contributed by atoms with van der Waals surface area (Å²) in [7, 11) is 1.30. The summed E-state index contributed by atoms with van der Waals surface area (Å²) in [5.41, 5.74) is 0. The number of hydrogen-bond donors (Lipinski definition) is 1. The first kappa shape index (κ1) is 18.7. The molecule has 22 heavy (non-hydrogen) atoms. The minimum atomic E-state index is -0.467. The van der Waals surface area contributed by atoms with Crippen LogP contribution in [0.1, 0.15) is 17.5 Å². The molecular formula is C14H20BrNO6. The first-order chi connectivity index (χ1) is 10.5. The largest absolute Gasteiger partial charge is 0.469 e. The minimum Gasteiger partial charge on any atom is -0.469 e. The molecule has 0 aliphatic heterocycles. The molecule has 1 amide bonds. The van der Waals surface area contributed by atoms with Crippen LogP contribution in [0, 0.1) is 5.92 Å². The van der Waals surface area contributed by atoms with Gasteiger partial charge in [-0.05, 0) is 28.1 Å². The molecule has 0 aromatic carbocycles. The molecule has 1 N–H and O–H groups in total. The summed E-state index contributed by atoms with van der Waals surface area (Å²) < 4.78 is 15.5. The molecule has 1 aromatic rings. The number of rotatable bonds is 9. The van der Waals surface area contributed by atoms with Crippen LogP contribution in [0.3, 0.4) is 0 Å². The van der Waals surface area contributed by atoms with Crippen LogP contribution < -0.4 is 0 Å². The number of esters is 1. The van der Waals surface area contributed by atoms with Gasteiger partial charge in [0, 0.05) is 13.1 Å². The van der Waals surface area contributed by atoms with Crippen LogP contribution in [-0.4, -0.2) is 61.9 Å². The predicted molar refractivity (Wildman–Crippen MR) is 81.4 cm³/mol. The van der Waals surface area contributed by atoms with E-state index in [0.717, 1.165) is 0 Å². The SMILES string of the molecule is COC(=O)C(C)CN(CCOCCO)C(=O)c1ccc(Br)o1. The maximum absolute atomic E-state index is 12.4. The van der Waals surface area contributed by atoms with Crippen molar-refractivity contribution in [2.24, 2.45) is 5.92 Å². The first-order valence-corrected chi connectivity index (χ1v) is 7.60. The minimum absolute atomic E-state index is 0.0857. The third kappa shape index (κ3) is 5.78. The molecule has 1 atom stereocenters. The van der Waals surface area contributed by atoms with Crippen molar-refractivity contribution in [2.75, 3.05) is 40.0 Å². The highest BCUT2D eigenvalue weighted by molar-refractivity contribution is 9.10. The normalized spacial score (nSPS) is 12.0. The van der Waals surface area contributed by atoms with E-state index in [2.05, 4.69) is 20.7 Å². The van der Waals surface area contributed by atoms with Gasteiger partial charge in [0.15, 0.2) is 10.4 Å². The smallest absolute Gasteiger partial charge is 0.310 e. The van der Waals surface area contributed by atoms with Gasteiger partial charge in [-0.1, -0.05) is 6.92 Å². The third-order valence-corrected chi connectivity index (χ3v) is 3.34. The Morgan fingerprint density at radius 3 is 2.68 bits per heavy atom. The van der Waals surface area contributed by atoms with Gasteiger partial charge >= 0.3 is 5.97 Å². The van der Waals surface area contributed by atoms with Gasteiger partial charge in [-0.3, -0.25) is 9.59 Å². The van der Waals surface area contributed by atoms with E-state index in [1.807, 2.05) is 0 Å². The van der Waals surface area contributed by atoms with Gasteiger partial charge in [0.05, 0.1) is 32.8 Å². The lowest BCUT2D eigenvalue weighted by molar-refractivity contribution is -0.145. The second kappa shape index (κ2) is 9.60. The first-order valence-electron chi connectivity index (χ1n) is 6.80.